The Kier molecular flexibility index (Phi) is 11.6. The van der Waals surface area contributed by atoms with E-state index in [-0.39, 0.29) is 0 Å². The molecule has 0 radical (unpaired) electrons. The Morgan fingerprint density at radius 1 is 0.150 bits per heavy atom. The molecule has 2 heteroatoms. The van der Waals surface area contributed by atoms with Gasteiger partial charge in [0.2, 0.25) is 0 Å². The van der Waals surface area contributed by atoms with Crippen LogP contribution < -0.4 is 0 Å². The zero-order valence-corrected chi connectivity index (χ0v) is 43.9. The number of nitrogens with zero attached hydrogens (tertiary/aromatic N) is 2. The molecule has 15 aromatic rings. The molecule has 0 unspecified atom stereocenters. The van der Waals surface area contributed by atoms with Gasteiger partial charge in [0.25, 0.3) is 0 Å². The van der Waals surface area contributed by atoms with Gasteiger partial charge >= 0.3 is 0 Å². The van der Waals surface area contributed by atoms with Crippen LogP contribution in [-0.4, -0.2) is 9.13 Å². The van der Waals surface area contributed by atoms with Crippen LogP contribution in [0.2, 0.25) is 0 Å². The van der Waals surface area contributed by atoms with Crippen LogP contribution in [0.1, 0.15) is 0 Å². The van der Waals surface area contributed by atoms with Crippen molar-refractivity contribution in [2.24, 2.45) is 0 Å². The summed E-state index contributed by atoms with van der Waals surface area (Å²) in [5, 5.41) is 4.93. The highest BCUT2D eigenvalue weighted by molar-refractivity contribution is 6.13. The fraction of sp³-hybridized carbons (Fsp3) is 0. The van der Waals surface area contributed by atoms with Crippen molar-refractivity contribution in [2.45, 2.75) is 0 Å². The average Bonchev–Trinajstić information content (AvgIpc) is 4.29. The summed E-state index contributed by atoms with van der Waals surface area (Å²) in [5.41, 5.74) is 26.2. The molecule has 0 fully saturated rings. The van der Waals surface area contributed by atoms with Crippen LogP contribution in [0.5, 0.6) is 0 Å². The molecule has 0 saturated heterocycles. The maximum absolute atomic E-state index is 2.46. The molecule has 2 nitrogen and oxygen atoms in total. The van der Waals surface area contributed by atoms with Crippen LogP contribution in [-0.2, 0) is 0 Å². The lowest BCUT2D eigenvalue weighted by Gasteiger charge is -2.15. The van der Waals surface area contributed by atoms with Crippen LogP contribution in [0.15, 0.2) is 315 Å². The van der Waals surface area contributed by atoms with Gasteiger partial charge in [-0.1, -0.05) is 249 Å². The molecular weight excluding hydrogens is 965 g/mol. The molecule has 15 rings (SSSR count). The molecule has 0 spiro atoms. The maximum Gasteiger partial charge on any atom is 0.0541 e. The van der Waals surface area contributed by atoms with E-state index in [4.69, 9.17) is 0 Å². The lowest BCUT2D eigenvalue weighted by atomic mass is 9.94. The molecule has 0 aliphatic carbocycles. The summed E-state index contributed by atoms with van der Waals surface area (Å²) in [6, 6.07) is 115. The topological polar surface area (TPSA) is 9.86 Å². The van der Waals surface area contributed by atoms with Crippen molar-refractivity contribution in [1.29, 1.82) is 0 Å². The number of benzene rings is 13. The van der Waals surface area contributed by atoms with Crippen molar-refractivity contribution < 1.29 is 0 Å². The first-order valence-electron chi connectivity index (χ1n) is 27.6. The second-order valence-corrected chi connectivity index (χ2v) is 20.8. The van der Waals surface area contributed by atoms with Gasteiger partial charge in [-0.3, -0.25) is 0 Å². The zero-order valence-electron chi connectivity index (χ0n) is 43.9. The number of fused-ring (bicyclic) bond motifs is 6. The highest BCUT2D eigenvalue weighted by Gasteiger charge is 2.20. The third-order valence-electron chi connectivity index (χ3n) is 16.2. The van der Waals surface area contributed by atoms with E-state index >= 15 is 0 Å². The Morgan fingerprint density at radius 2 is 0.425 bits per heavy atom. The largest absolute Gasteiger partial charge is 0.309 e. The Bertz CT molecular complexity index is 4790. The second kappa shape index (κ2) is 19.8. The second-order valence-electron chi connectivity index (χ2n) is 20.8. The molecule has 0 saturated carbocycles. The maximum atomic E-state index is 2.46. The minimum atomic E-state index is 1.15. The summed E-state index contributed by atoms with van der Waals surface area (Å²) >= 11 is 0. The first-order valence-corrected chi connectivity index (χ1v) is 27.6. The number of para-hydroxylation sites is 4. The fourth-order valence-corrected chi connectivity index (χ4v) is 12.2. The summed E-state index contributed by atoms with van der Waals surface area (Å²) in [5.74, 6) is 0. The lowest BCUT2D eigenvalue weighted by Crippen LogP contribution is -1.97. The van der Waals surface area contributed by atoms with Gasteiger partial charge in [0.1, 0.15) is 0 Å². The van der Waals surface area contributed by atoms with Crippen LogP contribution in [0.4, 0.5) is 0 Å². The number of aromatic nitrogens is 2. The van der Waals surface area contributed by atoms with Gasteiger partial charge < -0.3 is 9.13 Å². The third kappa shape index (κ3) is 8.30. The smallest absolute Gasteiger partial charge is 0.0541 e. The van der Waals surface area contributed by atoms with Crippen molar-refractivity contribution in [3.8, 4) is 100 Å². The predicted octanol–water partition coefficient (Wildman–Crippen LogP) is 21.2. The van der Waals surface area contributed by atoms with E-state index in [1.54, 1.807) is 0 Å². The molecule has 0 aliphatic heterocycles. The van der Waals surface area contributed by atoms with E-state index in [9.17, 15) is 0 Å². The minimum absolute atomic E-state index is 1.15. The molecule has 80 heavy (non-hydrogen) atoms. The van der Waals surface area contributed by atoms with Gasteiger partial charge in [-0.15, -0.1) is 0 Å². The van der Waals surface area contributed by atoms with E-state index in [1.165, 1.54) is 138 Å². The monoisotopic (exact) mass is 1020 g/mol. The minimum Gasteiger partial charge on any atom is -0.309 e. The van der Waals surface area contributed by atoms with Crippen molar-refractivity contribution in [3.63, 3.8) is 0 Å². The third-order valence-corrected chi connectivity index (χ3v) is 16.2. The molecule has 0 bridgehead atoms. The Hall–Kier alpha value is -10.5. The molecule has 2 heterocycles. The van der Waals surface area contributed by atoms with Crippen molar-refractivity contribution in [2.75, 3.05) is 0 Å². The number of rotatable bonds is 10. The summed E-state index contributed by atoms with van der Waals surface area (Å²) in [4.78, 5) is 0. The van der Waals surface area contributed by atoms with Crippen LogP contribution >= 0.6 is 0 Å². The van der Waals surface area contributed by atoms with Gasteiger partial charge in [0.15, 0.2) is 0 Å². The quantitative estimate of drug-likeness (QED) is 0.129. The fourth-order valence-electron chi connectivity index (χ4n) is 12.2. The van der Waals surface area contributed by atoms with E-state index < -0.39 is 0 Å². The first-order chi connectivity index (χ1) is 39.7. The standard InChI is InChI=1S/C78H52N2/c1-3-18-53(19-4-1)54-36-38-55(39-37-54)59-22-15-25-62(48-59)63-26-16-23-60(49-63)56-40-42-57(43-41-56)61-24-17-27-66(50-61)68-29-8-12-33-74(68)80-76-35-14-10-31-70(76)72-52-65(45-47-78(72)80)64-44-46-77-71(51-64)69-30-9-13-34-75(69)79(77)73-32-11-7-28-67(73)58-20-5-2-6-21-58/h1-52H. The van der Waals surface area contributed by atoms with Gasteiger partial charge in [0, 0.05) is 32.7 Å². The van der Waals surface area contributed by atoms with E-state index in [1.807, 2.05) is 0 Å². The Labute approximate surface area is 466 Å². The van der Waals surface area contributed by atoms with E-state index in [2.05, 4.69) is 325 Å². The zero-order chi connectivity index (χ0) is 52.9. The molecule has 0 atom stereocenters. The molecule has 374 valence electrons. The lowest BCUT2D eigenvalue weighted by molar-refractivity contribution is 1.18. The average molecular weight is 1020 g/mol. The highest BCUT2D eigenvalue weighted by Crippen LogP contribution is 2.42. The predicted molar refractivity (Wildman–Crippen MR) is 339 cm³/mol. The van der Waals surface area contributed by atoms with Gasteiger partial charge in [-0.25, -0.2) is 0 Å². The SMILES string of the molecule is c1ccc(-c2ccc(-c3cccc(-c4cccc(-c5ccc(-c6cccc(-c7ccccc7-n7c8ccccc8c8cc(-c9ccc%10c(c9)c9ccccc9n%10-c9ccccc9-c9ccccc9)ccc87)c6)cc5)c4)c3)cc2)cc1. The summed E-state index contributed by atoms with van der Waals surface area (Å²) in [6.07, 6.45) is 0. The Morgan fingerprint density at radius 3 is 0.887 bits per heavy atom. The van der Waals surface area contributed by atoms with Crippen LogP contribution in [0, 0.1) is 0 Å². The van der Waals surface area contributed by atoms with Gasteiger partial charge in [-0.05, 0) is 145 Å². The highest BCUT2D eigenvalue weighted by atomic mass is 15.0. The summed E-state index contributed by atoms with van der Waals surface area (Å²) in [6.45, 7) is 0. The number of hydrogen-bond acceptors (Lipinski definition) is 0. The molecule has 2 aromatic heterocycles. The number of hydrogen-bond donors (Lipinski definition) is 0. The van der Waals surface area contributed by atoms with Crippen molar-refractivity contribution in [1.82, 2.24) is 9.13 Å². The first kappa shape index (κ1) is 46.7. The van der Waals surface area contributed by atoms with Crippen LogP contribution in [0.3, 0.4) is 0 Å². The summed E-state index contributed by atoms with van der Waals surface area (Å²) < 4.78 is 4.89. The normalized spacial score (nSPS) is 11.5. The van der Waals surface area contributed by atoms with E-state index in [0.717, 1.165) is 5.69 Å². The van der Waals surface area contributed by atoms with Crippen LogP contribution in [0.25, 0.3) is 144 Å². The van der Waals surface area contributed by atoms with E-state index in [0.29, 0.717) is 0 Å². The molecule has 0 amide bonds. The van der Waals surface area contributed by atoms with Crippen molar-refractivity contribution in [3.05, 3.63) is 315 Å². The van der Waals surface area contributed by atoms with Gasteiger partial charge in [0.05, 0.1) is 33.4 Å². The van der Waals surface area contributed by atoms with Crippen molar-refractivity contribution >= 4 is 43.6 Å². The molecule has 0 aliphatic rings. The molecule has 0 N–H and O–H groups in total. The van der Waals surface area contributed by atoms with Gasteiger partial charge in [-0.2, -0.15) is 0 Å². The Balaban J connectivity index is 0.736. The molecule has 13 aromatic carbocycles. The summed E-state index contributed by atoms with van der Waals surface area (Å²) in [7, 11) is 0. The molecular formula is C78H52N2.